The summed E-state index contributed by atoms with van der Waals surface area (Å²) in [5.41, 5.74) is 5.26. The van der Waals surface area contributed by atoms with Gasteiger partial charge in [0.2, 0.25) is 0 Å². The molecule has 5 nitrogen and oxygen atoms in total. The Balaban J connectivity index is 1.48. The molecular formula is C29H27ClN2O3. The summed E-state index contributed by atoms with van der Waals surface area (Å²) >= 11 is 6.13. The van der Waals surface area contributed by atoms with E-state index in [9.17, 15) is 4.79 Å². The highest BCUT2D eigenvalue weighted by atomic mass is 35.5. The van der Waals surface area contributed by atoms with Crippen LogP contribution in [0.3, 0.4) is 0 Å². The lowest BCUT2D eigenvalue weighted by molar-refractivity contribution is -0.113. The van der Waals surface area contributed by atoms with Crippen molar-refractivity contribution < 1.29 is 14.3 Å². The Morgan fingerprint density at radius 1 is 0.914 bits per heavy atom. The van der Waals surface area contributed by atoms with Crippen LogP contribution in [0.4, 0.5) is 11.4 Å². The zero-order chi connectivity index (χ0) is 24.2. The van der Waals surface area contributed by atoms with Gasteiger partial charge in [-0.2, -0.15) is 0 Å². The van der Waals surface area contributed by atoms with E-state index in [0.29, 0.717) is 17.2 Å². The Morgan fingerprint density at radius 2 is 1.57 bits per heavy atom. The first-order chi connectivity index (χ1) is 17.1. The Bertz CT molecular complexity index is 1240. The molecule has 0 spiro atoms. The smallest absolute Gasteiger partial charge is 0.262 e. The van der Waals surface area contributed by atoms with Crippen molar-refractivity contribution in [2.24, 2.45) is 0 Å². The zero-order valence-corrected chi connectivity index (χ0v) is 20.4. The lowest BCUT2D eigenvalue weighted by atomic mass is 10.1. The molecule has 0 saturated carbocycles. The normalized spacial score (nSPS) is 17.1. The third kappa shape index (κ3) is 5.11. The molecule has 0 radical (unpaired) electrons. The summed E-state index contributed by atoms with van der Waals surface area (Å²) in [7, 11) is 0. The van der Waals surface area contributed by atoms with E-state index >= 15 is 0 Å². The molecule has 0 unspecified atom stereocenters. The van der Waals surface area contributed by atoms with Gasteiger partial charge in [0.05, 0.1) is 25.5 Å². The second kappa shape index (κ2) is 10.4. The van der Waals surface area contributed by atoms with E-state index in [-0.39, 0.29) is 5.91 Å². The fourth-order valence-electron chi connectivity index (χ4n) is 4.35. The van der Waals surface area contributed by atoms with Crippen molar-refractivity contribution in [3.63, 3.8) is 0 Å². The van der Waals surface area contributed by atoms with E-state index < -0.39 is 0 Å². The SMILES string of the molecule is CCOc1ccc(C=C2C=C(c3ccc(Cl)cc3)N(c3ccc(N4CCOCC4)cc3)C2=O)cc1. The predicted molar refractivity (Wildman–Crippen MR) is 142 cm³/mol. The molecule has 0 bridgehead atoms. The molecule has 3 aromatic carbocycles. The van der Waals surface area contributed by atoms with Gasteiger partial charge in [0.1, 0.15) is 5.75 Å². The molecule has 3 aromatic rings. The molecule has 1 fully saturated rings. The van der Waals surface area contributed by atoms with Gasteiger partial charge in [-0.1, -0.05) is 35.9 Å². The predicted octanol–water partition coefficient (Wildman–Crippen LogP) is 6.05. The van der Waals surface area contributed by atoms with Crippen molar-refractivity contribution in [2.45, 2.75) is 6.92 Å². The van der Waals surface area contributed by atoms with Crippen molar-refractivity contribution in [3.8, 4) is 5.75 Å². The van der Waals surface area contributed by atoms with E-state index in [0.717, 1.165) is 60.3 Å². The minimum absolute atomic E-state index is 0.0667. The van der Waals surface area contributed by atoms with Crippen LogP contribution in [0.2, 0.25) is 5.02 Å². The molecule has 0 N–H and O–H groups in total. The van der Waals surface area contributed by atoms with Gasteiger partial charge in [0, 0.05) is 35.1 Å². The first-order valence-corrected chi connectivity index (χ1v) is 12.2. The number of nitrogens with zero attached hydrogens (tertiary/aromatic N) is 2. The molecular weight excluding hydrogens is 460 g/mol. The Kier molecular flexibility index (Phi) is 6.89. The maximum Gasteiger partial charge on any atom is 0.262 e. The number of hydrogen-bond acceptors (Lipinski definition) is 4. The number of rotatable bonds is 6. The van der Waals surface area contributed by atoms with Crippen LogP contribution in [-0.2, 0) is 9.53 Å². The molecule has 35 heavy (non-hydrogen) atoms. The standard InChI is InChI=1S/C29H27ClN2O3/c1-2-35-27-13-3-21(4-14-27)19-23-20-28(22-5-7-24(30)8-6-22)32(29(23)33)26-11-9-25(10-12-26)31-15-17-34-18-16-31/h3-14,19-20H,2,15-18H2,1H3. The number of halogens is 1. The van der Waals surface area contributed by atoms with E-state index in [1.165, 1.54) is 0 Å². The van der Waals surface area contributed by atoms with Gasteiger partial charge in [-0.05, 0) is 78.7 Å². The fourth-order valence-corrected chi connectivity index (χ4v) is 4.47. The molecule has 1 amide bonds. The van der Waals surface area contributed by atoms with Gasteiger partial charge in [-0.3, -0.25) is 9.69 Å². The minimum atomic E-state index is -0.0667. The number of morpholine rings is 1. The van der Waals surface area contributed by atoms with E-state index in [2.05, 4.69) is 17.0 Å². The summed E-state index contributed by atoms with van der Waals surface area (Å²) in [5, 5.41) is 0.658. The molecule has 178 valence electrons. The van der Waals surface area contributed by atoms with Crippen molar-refractivity contribution in [3.05, 3.63) is 101 Å². The van der Waals surface area contributed by atoms with Crippen LogP contribution in [0.5, 0.6) is 5.75 Å². The number of benzene rings is 3. The lowest BCUT2D eigenvalue weighted by Crippen LogP contribution is -2.36. The summed E-state index contributed by atoms with van der Waals surface area (Å²) in [4.78, 5) is 17.7. The highest BCUT2D eigenvalue weighted by molar-refractivity contribution is 6.30. The first kappa shape index (κ1) is 23.2. The topological polar surface area (TPSA) is 42.0 Å². The minimum Gasteiger partial charge on any atom is -0.494 e. The van der Waals surface area contributed by atoms with Gasteiger partial charge in [-0.15, -0.1) is 0 Å². The quantitative estimate of drug-likeness (QED) is 0.398. The first-order valence-electron chi connectivity index (χ1n) is 11.8. The van der Waals surface area contributed by atoms with Gasteiger partial charge in [0.15, 0.2) is 0 Å². The van der Waals surface area contributed by atoms with Crippen LogP contribution >= 0.6 is 11.6 Å². The summed E-state index contributed by atoms with van der Waals surface area (Å²) in [6.45, 7) is 5.77. The van der Waals surface area contributed by atoms with Crippen molar-refractivity contribution in [1.29, 1.82) is 0 Å². The molecule has 0 aromatic heterocycles. The van der Waals surface area contributed by atoms with Gasteiger partial charge in [-0.25, -0.2) is 0 Å². The van der Waals surface area contributed by atoms with Crippen LogP contribution < -0.4 is 14.5 Å². The fraction of sp³-hybridized carbons (Fsp3) is 0.207. The molecule has 1 saturated heterocycles. The highest BCUT2D eigenvalue weighted by Crippen LogP contribution is 2.36. The van der Waals surface area contributed by atoms with E-state index in [1.807, 2.05) is 79.7 Å². The Morgan fingerprint density at radius 3 is 2.23 bits per heavy atom. The summed E-state index contributed by atoms with van der Waals surface area (Å²) in [6.07, 6.45) is 3.86. The second-order valence-corrected chi connectivity index (χ2v) is 8.83. The number of anilines is 2. The third-order valence-corrected chi connectivity index (χ3v) is 6.37. The summed E-state index contributed by atoms with van der Waals surface area (Å²) in [6, 6.07) is 23.5. The Hall–Kier alpha value is -3.54. The number of hydrogen-bond donors (Lipinski definition) is 0. The Labute approximate surface area is 210 Å². The molecule has 2 aliphatic rings. The van der Waals surface area contributed by atoms with Crippen molar-refractivity contribution >= 4 is 40.7 Å². The van der Waals surface area contributed by atoms with E-state index in [1.54, 1.807) is 4.90 Å². The van der Waals surface area contributed by atoms with Crippen LogP contribution in [0.15, 0.2) is 84.4 Å². The summed E-state index contributed by atoms with van der Waals surface area (Å²) in [5.74, 6) is 0.745. The molecule has 6 heteroatoms. The largest absolute Gasteiger partial charge is 0.494 e. The molecule has 5 rings (SSSR count). The monoisotopic (exact) mass is 486 g/mol. The van der Waals surface area contributed by atoms with Gasteiger partial charge < -0.3 is 14.4 Å². The van der Waals surface area contributed by atoms with Gasteiger partial charge in [0.25, 0.3) is 5.91 Å². The average molecular weight is 487 g/mol. The number of carbonyl (C=O) groups excluding carboxylic acids is 1. The van der Waals surface area contributed by atoms with Crippen LogP contribution in [0.1, 0.15) is 18.1 Å². The summed E-state index contributed by atoms with van der Waals surface area (Å²) < 4.78 is 11.0. The number of ether oxygens (including phenoxy) is 2. The molecule has 2 aliphatic heterocycles. The molecule has 0 aliphatic carbocycles. The van der Waals surface area contributed by atoms with Crippen LogP contribution in [0.25, 0.3) is 11.8 Å². The van der Waals surface area contributed by atoms with Crippen LogP contribution in [0, 0.1) is 0 Å². The third-order valence-electron chi connectivity index (χ3n) is 6.12. The zero-order valence-electron chi connectivity index (χ0n) is 19.6. The highest BCUT2D eigenvalue weighted by Gasteiger charge is 2.30. The number of carbonyl (C=O) groups is 1. The average Bonchev–Trinajstić information content (AvgIpc) is 3.22. The van der Waals surface area contributed by atoms with E-state index in [4.69, 9.17) is 21.1 Å². The van der Waals surface area contributed by atoms with Crippen molar-refractivity contribution in [2.75, 3.05) is 42.7 Å². The van der Waals surface area contributed by atoms with Gasteiger partial charge >= 0.3 is 0 Å². The van der Waals surface area contributed by atoms with Crippen molar-refractivity contribution in [1.82, 2.24) is 0 Å². The molecule has 0 atom stereocenters. The second-order valence-electron chi connectivity index (χ2n) is 8.39. The maximum absolute atomic E-state index is 13.6. The maximum atomic E-state index is 13.6. The van der Waals surface area contributed by atoms with Crippen LogP contribution in [-0.4, -0.2) is 38.8 Å². The lowest BCUT2D eigenvalue weighted by Gasteiger charge is -2.29. The molecule has 2 heterocycles. The number of amides is 1.